The number of aromatic nitrogens is 1. The molecular formula is C23H31ClN2O. The number of rotatable bonds is 9. The first-order valence-corrected chi connectivity index (χ1v) is 9.67. The Morgan fingerprint density at radius 1 is 0.963 bits per heavy atom. The number of nitrogens with zero attached hydrogens (tertiary/aromatic N) is 2. The highest BCUT2D eigenvalue weighted by atomic mass is 35.5. The van der Waals surface area contributed by atoms with Crippen molar-refractivity contribution < 1.29 is 4.74 Å². The van der Waals surface area contributed by atoms with Gasteiger partial charge in [0.05, 0.1) is 7.11 Å². The monoisotopic (exact) mass is 386 g/mol. The summed E-state index contributed by atoms with van der Waals surface area (Å²) in [6.07, 6.45) is 4.46. The molecule has 0 radical (unpaired) electrons. The van der Waals surface area contributed by atoms with Crippen LogP contribution >= 0.6 is 12.4 Å². The highest BCUT2D eigenvalue weighted by Crippen LogP contribution is 2.27. The van der Waals surface area contributed by atoms with Crippen molar-refractivity contribution in [3.05, 3.63) is 65.9 Å². The molecule has 3 rings (SSSR count). The van der Waals surface area contributed by atoms with Gasteiger partial charge in [-0.2, -0.15) is 0 Å². The summed E-state index contributed by atoms with van der Waals surface area (Å²) in [4.78, 5) is 2.48. The molecule has 0 fully saturated rings. The van der Waals surface area contributed by atoms with Gasteiger partial charge in [0, 0.05) is 30.2 Å². The van der Waals surface area contributed by atoms with Gasteiger partial charge in [-0.3, -0.25) is 0 Å². The summed E-state index contributed by atoms with van der Waals surface area (Å²) in [5.41, 5.74) is 4.10. The molecule has 0 spiro atoms. The van der Waals surface area contributed by atoms with Crippen LogP contribution in [-0.2, 0) is 19.4 Å². The van der Waals surface area contributed by atoms with Crippen molar-refractivity contribution in [3.63, 3.8) is 0 Å². The molecule has 0 amide bonds. The molecule has 4 heteroatoms. The number of likely N-dealkylation sites (N-methyl/N-ethyl adjacent to an activating group) is 1. The van der Waals surface area contributed by atoms with Gasteiger partial charge in [0.1, 0.15) is 5.75 Å². The van der Waals surface area contributed by atoms with Crippen molar-refractivity contribution in [2.75, 3.05) is 26.7 Å². The van der Waals surface area contributed by atoms with E-state index < -0.39 is 0 Å². The first-order valence-electron chi connectivity index (χ1n) is 9.67. The minimum absolute atomic E-state index is 0. The molecule has 0 unspecified atom stereocenters. The van der Waals surface area contributed by atoms with Crippen LogP contribution in [0.4, 0.5) is 0 Å². The number of hydrogen-bond acceptors (Lipinski definition) is 2. The van der Waals surface area contributed by atoms with E-state index in [-0.39, 0.29) is 12.4 Å². The van der Waals surface area contributed by atoms with Crippen LogP contribution in [-0.4, -0.2) is 36.2 Å². The Morgan fingerprint density at radius 3 is 2.37 bits per heavy atom. The standard InChI is InChI=1S/C23H30N2O.ClH/c1-4-24(5-2)15-14-20-18-25(16-13-19-9-7-6-8-10-19)23-12-11-21(26-3)17-22(20)23;/h6-12,17-18H,4-5,13-16H2,1-3H3;1H. The van der Waals surface area contributed by atoms with Gasteiger partial charge in [-0.1, -0.05) is 44.2 Å². The van der Waals surface area contributed by atoms with Crippen LogP contribution in [0.25, 0.3) is 10.9 Å². The van der Waals surface area contributed by atoms with Crippen molar-refractivity contribution in [2.45, 2.75) is 33.2 Å². The predicted molar refractivity (Wildman–Crippen MR) is 117 cm³/mol. The topological polar surface area (TPSA) is 17.4 Å². The molecule has 1 aromatic heterocycles. The molecule has 0 aliphatic heterocycles. The summed E-state index contributed by atoms with van der Waals surface area (Å²) >= 11 is 0. The van der Waals surface area contributed by atoms with E-state index in [1.54, 1.807) is 7.11 Å². The summed E-state index contributed by atoms with van der Waals surface area (Å²) in [6.45, 7) is 8.77. The first kappa shape index (κ1) is 21.3. The fourth-order valence-corrected chi connectivity index (χ4v) is 3.57. The summed E-state index contributed by atoms with van der Waals surface area (Å²) < 4.78 is 7.87. The maximum atomic E-state index is 5.46. The van der Waals surface area contributed by atoms with Crippen LogP contribution in [0, 0.1) is 0 Å². The van der Waals surface area contributed by atoms with Gasteiger partial charge in [0.25, 0.3) is 0 Å². The number of halogens is 1. The highest BCUT2D eigenvalue weighted by molar-refractivity contribution is 5.86. The van der Waals surface area contributed by atoms with E-state index in [9.17, 15) is 0 Å². The Kier molecular flexibility index (Phi) is 8.21. The van der Waals surface area contributed by atoms with Crippen molar-refractivity contribution >= 4 is 23.3 Å². The molecule has 27 heavy (non-hydrogen) atoms. The SMILES string of the molecule is CCN(CC)CCc1cn(CCc2ccccc2)c2ccc(OC)cc12.Cl. The molecule has 3 aromatic rings. The minimum atomic E-state index is 0. The number of methoxy groups -OCH3 is 1. The Morgan fingerprint density at radius 2 is 1.70 bits per heavy atom. The lowest BCUT2D eigenvalue weighted by Crippen LogP contribution is -2.25. The molecule has 1 heterocycles. The molecule has 0 saturated heterocycles. The largest absolute Gasteiger partial charge is 0.497 e. The van der Waals surface area contributed by atoms with E-state index in [0.29, 0.717) is 0 Å². The van der Waals surface area contributed by atoms with Gasteiger partial charge in [0.2, 0.25) is 0 Å². The molecule has 3 nitrogen and oxygen atoms in total. The lowest BCUT2D eigenvalue weighted by atomic mass is 10.1. The Labute approximate surface area is 169 Å². The first-order chi connectivity index (χ1) is 12.7. The second-order valence-electron chi connectivity index (χ2n) is 6.74. The zero-order chi connectivity index (χ0) is 18.4. The van der Waals surface area contributed by atoms with Gasteiger partial charge in [-0.25, -0.2) is 0 Å². The molecule has 2 aromatic carbocycles. The fraction of sp³-hybridized carbons (Fsp3) is 0.391. The molecule has 0 aliphatic rings. The number of benzene rings is 2. The van der Waals surface area contributed by atoms with Crippen LogP contribution < -0.4 is 4.74 Å². The molecular weight excluding hydrogens is 356 g/mol. The maximum Gasteiger partial charge on any atom is 0.119 e. The predicted octanol–water partition coefficient (Wildman–Crippen LogP) is 5.20. The Balaban J connectivity index is 0.00000261. The summed E-state index contributed by atoms with van der Waals surface area (Å²) in [5, 5.41) is 1.32. The molecule has 0 N–H and O–H groups in total. The quantitative estimate of drug-likeness (QED) is 0.503. The second-order valence-corrected chi connectivity index (χ2v) is 6.74. The third-order valence-electron chi connectivity index (χ3n) is 5.25. The van der Waals surface area contributed by atoms with Gasteiger partial charge < -0.3 is 14.2 Å². The smallest absolute Gasteiger partial charge is 0.119 e. The molecule has 146 valence electrons. The zero-order valence-corrected chi connectivity index (χ0v) is 17.5. The highest BCUT2D eigenvalue weighted by Gasteiger charge is 2.11. The van der Waals surface area contributed by atoms with E-state index in [1.807, 2.05) is 0 Å². The average molecular weight is 387 g/mol. The van der Waals surface area contributed by atoms with E-state index in [0.717, 1.165) is 44.8 Å². The lowest BCUT2D eigenvalue weighted by Gasteiger charge is -2.17. The number of aryl methyl sites for hydroxylation is 2. The molecule has 0 bridgehead atoms. The van der Waals surface area contributed by atoms with Crippen LogP contribution in [0.2, 0.25) is 0 Å². The van der Waals surface area contributed by atoms with Crippen LogP contribution in [0.1, 0.15) is 25.0 Å². The van der Waals surface area contributed by atoms with Crippen molar-refractivity contribution in [2.24, 2.45) is 0 Å². The van der Waals surface area contributed by atoms with E-state index in [2.05, 4.69) is 78.0 Å². The average Bonchev–Trinajstić information content (AvgIpc) is 3.05. The summed E-state index contributed by atoms with van der Waals surface area (Å²) in [7, 11) is 1.74. The van der Waals surface area contributed by atoms with E-state index in [1.165, 1.54) is 22.0 Å². The second kappa shape index (κ2) is 10.4. The molecule has 0 aliphatic carbocycles. The van der Waals surface area contributed by atoms with E-state index >= 15 is 0 Å². The maximum absolute atomic E-state index is 5.46. The van der Waals surface area contributed by atoms with Crippen LogP contribution in [0.5, 0.6) is 5.75 Å². The Hall–Kier alpha value is -1.97. The summed E-state index contributed by atoms with van der Waals surface area (Å²) in [5.74, 6) is 0.933. The third kappa shape index (κ3) is 5.27. The summed E-state index contributed by atoms with van der Waals surface area (Å²) in [6, 6.07) is 17.2. The Bertz CT molecular complexity index is 825. The van der Waals surface area contributed by atoms with Gasteiger partial charge in [0.15, 0.2) is 0 Å². The molecule has 0 atom stereocenters. The van der Waals surface area contributed by atoms with E-state index in [4.69, 9.17) is 4.74 Å². The van der Waals surface area contributed by atoms with Crippen LogP contribution in [0.15, 0.2) is 54.7 Å². The third-order valence-corrected chi connectivity index (χ3v) is 5.25. The zero-order valence-electron chi connectivity index (χ0n) is 16.6. The van der Waals surface area contributed by atoms with Crippen LogP contribution in [0.3, 0.4) is 0 Å². The van der Waals surface area contributed by atoms with Crippen molar-refractivity contribution in [3.8, 4) is 5.75 Å². The van der Waals surface area contributed by atoms with Crippen molar-refractivity contribution in [1.82, 2.24) is 9.47 Å². The fourth-order valence-electron chi connectivity index (χ4n) is 3.57. The lowest BCUT2D eigenvalue weighted by molar-refractivity contribution is 0.308. The van der Waals surface area contributed by atoms with Crippen molar-refractivity contribution in [1.29, 1.82) is 0 Å². The minimum Gasteiger partial charge on any atom is -0.497 e. The van der Waals surface area contributed by atoms with Gasteiger partial charge >= 0.3 is 0 Å². The molecule has 0 saturated carbocycles. The number of hydrogen-bond donors (Lipinski definition) is 0. The van der Waals surface area contributed by atoms with Gasteiger partial charge in [-0.05, 0) is 55.3 Å². The van der Waals surface area contributed by atoms with Gasteiger partial charge in [-0.15, -0.1) is 12.4 Å². The normalized spacial score (nSPS) is 11.0. The number of fused-ring (bicyclic) bond motifs is 1. The number of ether oxygens (including phenoxy) is 1.